The number of hydrogen-bond donors (Lipinski definition) is 0. The van der Waals surface area contributed by atoms with Gasteiger partial charge in [-0.2, -0.15) is 0 Å². The highest BCUT2D eigenvalue weighted by Gasteiger charge is 2.59. The minimum Gasteiger partial charge on any atom is -0.232 e. The molecule has 0 fully saturated rings. The lowest BCUT2D eigenvalue weighted by Gasteiger charge is -2.56. The molecule has 0 aromatic heterocycles. The first-order chi connectivity index (χ1) is 14.2. The van der Waals surface area contributed by atoms with E-state index in [1.54, 1.807) is 0 Å². The van der Waals surface area contributed by atoms with Crippen LogP contribution in [0.4, 0.5) is 5.69 Å². The Morgan fingerprint density at radius 3 is 1.06 bits per heavy atom. The lowest BCUT2D eigenvalue weighted by Crippen LogP contribution is -2.74. The molecule has 0 aliphatic heterocycles. The van der Waals surface area contributed by atoms with E-state index in [1.165, 1.54) is 30.8 Å². The monoisotopic (exact) mass is 521 g/mol. The molecule has 0 unspecified atom stereocenters. The van der Waals surface area contributed by atoms with E-state index in [4.69, 9.17) is 4.74 Å². The molecule has 0 amide bonds. The summed E-state index contributed by atoms with van der Waals surface area (Å²) in [6.07, 6.45) is 0. The van der Waals surface area contributed by atoms with Gasteiger partial charge in [-0.25, -0.2) is 4.74 Å². The molecule has 0 saturated heterocycles. The molecule has 0 spiro atoms. The fraction of sp³-hybridized carbons (Fsp3) is 0.786. The molecule has 0 aliphatic carbocycles. The number of hydrogen-bond acceptors (Lipinski definition) is 1. The van der Waals surface area contributed by atoms with Gasteiger partial charge in [0.1, 0.15) is 0 Å². The van der Waals surface area contributed by atoms with E-state index in [2.05, 4.69) is 133 Å². The third-order valence-corrected chi connectivity index (χ3v) is 34.7. The van der Waals surface area contributed by atoms with E-state index in [1.807, 2.05) is 0 Å². The van der Waals surface area contributed by atoms with Crippen molar-refractivity contribution in [1.29, 1.82) is 0 Å². The quantitative estimate of drug-likeness (QED) is 0.270. The van der Waals surface area contributed by atoms with Crippen molar-refractivity contribution < 1.29 is 0 Å². The summed E-state index contributed by atoms with van der Waals surface area (Å²) in [5.41, 5.74) is 5.77. The van der Waals surface area contributed by atoms with Gasteiger partial charge in [0.2, 0.25) is 0 Å². The molecule has 190 valence electrons. The van der Waals surface area contributed by atoms with Gasteiger partial charge >= 0.3 is 0 Å². The van der Waals surface area contributed by atoms with Gasteiger partial charge in [-0.3, -0.25) is 0 Å². The topological polar surface area (TPSA) is 12.4 Å². The van der Waals surface area contributed by atoms with Gasteiger partial charge in [0.25, 0.3) is 0 Å². The van der Waals surface area contributed by atoms with Gasteiger partial charge in [0.15, 0.2) is 0 Å². The van der Waals surface area contributed by atoms with Crippen LogP contribution < -0.4 is 0 Å². The fourth-order valence-electron chi connectivity index (χ4n) is 6.27. The summed E-state index contributed by atoms with van der Waals surface area (Å²) in [5.74, 6) is 0. The molecule has 0 aliphatic rings. The maximum Gasteiger partial charge on any atom is 0.0749 e. The van der Waals surface area contributed by atoms with E-state index < -0.39 is 24.2 Å². The maximum atomic E-state index is 5.71. The van der Waals surface area contributed by atoms with Crippen LogP contribution in [0.2, 0.25) is 58.9 Å². The Bertz CT molecular complexity index is 804. The SMILES string of the molecule is CC(C)(C)c1cc(C(C)(C)C)c(N=PC([Si](C)(C)C)([Si](C)(C)C)[Si](C)(C)C)c(C(C)(C)C)c1. The van der Waals surface area contributed by atoms with E-state index in [0.717, 1.165) is 0 Å². The zero-order valence-electron chi connectivity index (χ0n) is 25.5. The van der Waals surface area contributed by atoms with Crippen LogP contribution in [0.15, 0.2) is 16.9 Å². The highest BCUT2D eigenvalue weighted by atomic mass is 31.1. The van der Waals surface area contributed by atoms with Crippen molar-refractivity contribution in [2.24, 2.45) is 4.74 Å². The summed E-state index contributed by atoms with van der Waals surface area (Å²) in [6.45, 7) is 44.7. The summed E-state index contributed by atoms with van der Waals surface area (Å²) in [7, 11) is -3.19. The molecule has 0 saturated carbocycles. The summed E-state index contributed by atoms with van der Waals surface area (Å²) >= 11 is 0. The number of benzene rings is 1. The number of nitrogens with zero attached hydrogens (tertiary/aromatic N) is 1. The van der Waals surface area contributed by atoms with E-state index >= 15 is 0 Å². The Kier molecular flexibility index (Phi) is 8.57. The first-order valence-electron chi connectivity index (χ1n) is 12.8. The molecular formula is C28H56NPSi3. The summed E-state index contributed by atoms with van der Waals surface area (Å²) in [4.78, 5) is 0. The lowest BCUT2D eigenvalue weighted by atomic mass is 9.74. The molecule has 0 bridgehead atoms. The Hall–Kier alpha value is -0.0294. The van der Waals surface area contributed by atoms with Crippen LogP contribution in [0, 0.1) is 0 Å². The van der Waals surface area contributed by atoms with Crippen LogP contribution in [0.25, 0.3) is 0 Å². The molecule has 1 aromatic rings. The second kappa shape index (κ2) is 9.13. The molecule has 1 aromatic carbocycles. The summed E-state index contributed by atoms with van der Waals surface area (Å²) < 4.78 is 6.11. The molecule has 1 nitrogen and oxygen atoms in total. The van der Waals surface area contributed by atoms with Gasteiger partial charge in [0.05, 0.1) is 29.9 Å². The van der Waals surface area contributed by atoms with Crippen LogP contribution in [0.3, 0.4) is 0 Å². The van der Waals surface area contributed by atoms with Crippen LogP contribution in [-0.4, -0.2) is 28.2 Å². The summed E-state index contributed by atoms with van der Waals surface area (Å²) in [6, 6.07) is 4.95. The molecule has 0 atom stereocenters. The average molecular weight is 522 g/mol. The highest BCUT2D eigenvalue weighted by Crippen LogP contribution is 2.52. The van der Waals surface area contributed by atoms with Gasteiger partial charge in [-0.1, -0.05) is 133 Å². The molecule has 33 heavy (non-hydrogen) atoms. The second-order valence-corrected chi connectivity index (χ2v) is 35.9. The molecule has 0 radical (unpaired) electrons. The Morgan fingerprint density at radius 2 is 0.848 bits per heavy atom. The Labute approximate surface area is 212 Å². The van der Waals surface area contributed by atoms with Gasteiger partial charge in [0, 0.05) is 12.4 Å². The van der Waals surface area contributed by atoms with Crippen molar-refractivity contribution in [2.75, 3.05) is 0 Å². The predicted molar refractivity (Wildman–Crippen MR) is 164 cm³/mol. The largest absolute Gasteiger partial charge is 0.232 e. The van der Waals surface area contributed by atoms with Crippen molar-refractivity contribution in [3.05, 3.63) is 28.8 Å². The smallest absolute Gasteiger partial charge is 0.0749 e. The first kappa shape index (κ1) is 31.0. The average Bonchev–Trinajstić information content (AvgIpc) is 2.47. The van der Waals surface area contributed by atoms with Gasteiger partial charge < -0.3 is 0 Å². The van der Waals surface area contributed by atoms with Gasteiger partial charge in [-0.05, 0) is 32.9 Å². The van der Waals surface area contributed by atoms with Crippen molar-refractivity contribution >= 4 is 38.3 Å². The molecule has 0 N–H and O–H groups in total. The molecule has 1 rings (SSSR count). The van der Waals surface area contributed by atoms with Crippen molar-refractivity contribution in [1.82, 2.24) is 0 Å². The van der Waals surface area contributed by atoms with E-state index in [-0.39, 0.29) is 16.2 Å². The van der Waals surface area contributed by atoms with E-state index in [9.17, 15) is 0 Å². The predicted octanol–water partition coefficient (Wildman–Crippen LogP) is 10.7. The second-order valence-electron chi connectivity index (χ2n) is 16.3. The lowest BCUT2D eigenvalue weighted by molar-refractivity contribution is 0.550. The normalized spacial score (nSPS) is 15.5. The summed E-state index contributed by atoms with van der Waals surface area (Å²) in [5, 5.41) is 0. The zero-order chi connectivity index (χ0) is 26.6. The third kappa shape index (κ3) is 6.40. The minimum absolute atomic E-state index is 0.0513. The molecular weight excluding hydrogens is 466 g/mol. The highest BCUT2D eigenvalue weighted by molar-refractivity contribution is 7.51. The zero-order valence-corrected chi connectivity index (χ0v) is 29.4. The van der Waals surface area contributed by atoms with Gasteiger partial charge in [-0.15, -0.1) is 0 Å². The van der Waals surface area contributed by atoms with E-state index in [0.29, 0.717) is 4.03 Å². The van der Waals surface area contributed by atoms with Crippen molar-refractivity contribution in [3.63, 3.8) is 0 Å². The van der Waals surface area contributed by atoms with Crippen molar-refractivity contribution in [2.45, 2.75) is 142 Å². The fourth-order valence-corrected chi connectivity index (χ4v) is 37.8. The van der Waals surface area contributed by atoms with Crippen LogP contribution >= 0.6 is 8.37 Å². The Balaban J connectivity index is 4.21. The van der Waals surface area contributed by atoms with Crippen LogP contribution in [0.1, 0.15) is 79.0 Å². The maximum absolute atomic E-state index is 5.71. The van der Waals surface area contributed by atoms with Crippen LogP contribution in [-0.2, 0) is 16.2 Å². The first-order valence-corrected chi connectivity index (χ1v) is 24.1. The molecule has 0 heterocycles. The number of rotatable bonds is 5. The standard InChI is InChI=1S/C28H56NPSi3/c1-25(2,3)21-19-22(26(4,5)6)24(23(20-21)27(7,8)9)29-30-28(31(10,11)12,32(13,14)15)33(16,17)18/h19-20H,1-18H3. The molecule has 5 heteroatoms. The van der Waals surface area contributed by atoms with Crippen LogP contribution in [0.5, 0.6) is 0 Å². The van der Waals surface area contributed by atoms with Crippen molar-refractivity contribution in [3.8, 4) is 0 Å². The third-order valence-electron chi connectivity index (χ3n) is 7.15. The Morgan fingerprint density at radius 1 is 0.545 bits per heavy atom. The minimum atomic E-state index is -1.51.